The van der Waals surface area contributed by atoms with Crippen molar-refractivity contribution in [3.8, 4) is 0 Å². The Kier molecular flexibility index (Phi) is 4.66. The molecular formula is C17H30N4O. The van der Waals surface area contributed by atoms with Gasteiger partial charge in [0.05, 0.1) is 5.54 Å². The minimum Gasteiger partial charge on any atom is -0.334 e. The van der Waals surface area contributed by atoms with Crippen LogP contribution in [0.4, 0.5) is 0 Å². The van der Waals surface area contributed by atoms with Crippen LogP contribution in [0, 0.1) is 5.92 Å². The Morgan fingerprint density at radius 1 is 1.45 bits per heavy atom. The molecule has 0 radical (unpaired) electrons. The second kappa shape index (κ2) is 6.03. The largest absolute Gasteiger partial charge is 0.334 e. The van der Waals surface area contributed by atoms with Crippen molar-refractivity contribution in [3.05, 3.63) is 17.5 Å². The maximum atomic E-state index is 12.8. The van der Waals surface area contributed by atoms with Crippen molar-refractivity contribution in [3.63, 3.8) is 0 Å². The van der Waals surface area contributed by atoms with E-state index >= 15 is 0 Å². The first kappa shape index (κ1) is 17.0. The van der Waals surface area contributed by atoms with Gasteiger partial charge in [-0.3, -0.25) is 9.48 Å². The molecule has 22 heavy (non-hydrogen) atoms. The lowest BCUT2D eigenvalue weighted by molar-refractivity contribution is 0.0735. The van der Waals surface area contributed by atoms with Crippen LogP contribution in [-0.4, -0.2) is 39.7 Å². The fourth-order valence-electron chi connectivity index (χ4n) is 3.19. The predicted octanol–water partition coefficient (Wildman–Crippen LogP) is 2.57. The normalized spacial score (nSPS) is 22.6. The average molecular weight is 306 g/mol. The van der Waals surface area contributed by atoms with E-state index in [2.05, 4.69) is 46.6 Å². The van der Waals surface area contributed by atoms with Gasteiger partial charge in [-0.1, -0.05) is 13.8 Å². The summed E-state index contributed by atoms with van der Waals surface area (Å²) in [6.45, 7) is 14.1. The van der Waals surface area contributed by atoms with E-state index in [0.717, 1.165) is 18.7 Å². The number of likely N-dealkylation sites (tertiary alicyclic amines) is 1. The SMILES string of the molecule is CC(C)c1cc(C(=O)N2CC(CN)CC2C)nn1C(C)(C)C. The molecule has 1 amide bonds. The predicted molar refractivity (Wildman–Crippen MR) is 89.0 cm³/mol. The number of amides is 1. The molecule has 2 rings (SSSR count). The van der Waals surface area contributed by atoms with E-state index in [1.54, 1.807) is 0 Å². The molecule has 5 heteroatoms. The van der Waals surface area contributed by atoms with Crippen LogP contribution in [-0.2, 0) is 5.54 Å². The molecule has 1 aromatic heterocycles. The van der Waals surface area contributed by atoms with Gasteiger partial charge in [-0.2, -0.15) is 5.10 Å². The lowest BCUT2D eigenvalue weighted by atomic mass is 10.1. The number of carbonyl (C=O) groups excluding carboxylic acids is 1. The summed E-state index contributed by atoms with van der Waals surface area (Å²) in [4.78, 5) is 14.8. The fourth-order valence-corrected chi connectivity index (χ4v) is 3.19. The molecule has 0 aromatic carbocycles. The molecule has 2 atom stereocenters. The Morgan fingerprint density at radius 3 is 2.50 bits per heavy atom. The van der Waals surface area contributed by atoms with Crippen LogP contribution in [0.1, 0.15) is 70.1 Å². The molecule has 1 saturated heterocycles. The van der Waals surface area contributed by atoms with Gasteiger partial charge in [-0.15, -0.1) is 0 Å². The third-order valence-corrected chi connectivity index (χ3v) is 4.44. The molecule has 124 valence electrons. The van der Waals surface area contributed by atoms with Crippen LogP contribution in [0.3, 0.4) is 0 Å². The summed E-state index contributed by atoms with van der Waals surface area (Å²) in [6, 6.07) is 2.20. The maximum Gasteiger partial charge on any atom is 0.274 e. The Morgan fingerprint density at radius 2 is 2.09 bits per heavy atom. The molecule has 1 fully saturated rings. The summed E-state index contributed by atoms with van der Waals surface area (Å²) in [5.41, 5.74) is 7.30. The minimum absolute atomic E-state index is 0.0355. The standard InChI is InChI=1S/C17H30N4O/c1-11(2)15-8-14(19-21(15)17(4,5)6)16(22)20-10-13(9-18)7-12(20)3/h8,11-13H,7,9-10,18H2,1-6H3. The maximum absolute atomic E-state index is 12.8. The number of hydrogen-bond donors (Lipinski definition) is 1. The molecule has 5 nitrogen and oxygen atoms in total. The highest BCUT2D eigenvalue weighted by Crippen LogP contribution is 2.27. The lowest BCUT2D eigenvalue weighted by Gasteiger charge is -2.24. The number of nitrogens with zero attached hydrogens (tertiary/aromatic N) is 3. The number of hydrogen-bond acceptors (Lipinski definition) is 3. The highest BCUT2D eigenvalue weighted by molar-refractivity contribution is 5.92. The van der Waals surface area contributed by atoms with Crippen molar-refractivity contribution < 1.29 is 4.79 Å². The van der Waals surface area contributed by atoms with Gasteiger partial charge < -0.3 is 10.6 Å². The summed E-state index contributed by atoms with van der Waals surface area (Å²) in [6.07, 6.45) is 0.985. The van der Waals surface area contributed by atoms with Gasteiger partial charge in [0.2, 0.25) is 0 Å². The molecule has 2 unspecified atom stereocenters. The van der Waals surface area contributed by atoms with E-state index in [0.29, 0.717) is 24.1 Å². The van der Waals surface area contributed by atoms with Crippen molar-refractivity contribution in [1.82, 2.24) is 14.7 Å². The zero-order valence-corrected chi connectivity index (χ0v) is 14.8. The number of nitrogens with two attached hydrogens (primary N) is 1. The van der Waals surface area contributed by atoms with Crippen LogP contribution in [0.2, 0.25) is 0 Å². The van der Waals surface area contributed by atoms with Crippen LogP contribution < -0.4 is 5.73 Å². The zero-order chi connectivity index (χ0) is 16.7. The first-order valence-electron chi connectivity index (χ1n) is 8.26. The first-order valence-corrected chi connectivity index (χ1v) is 8.26. The Hall–Kier alpha value is -1.36. The second-order valence-corrected chi connectivity index (χ2v) is 7.84. The highest BCUT2D eigenvalue weighted by atomic mass is 16.2. The van der Waals surface area contributed by atoms with Gasteiger partial charge in [-0.05, 0) is 58.6 Å². The number of rotatable bonds is 3. The van der Waals surface area contributed by atoms with E-state index in [9.17, 15) is 4.79 Å². The van der Waals surface area contributed by atoms with E-state index in [1.165, 1.54) is 0 Å². The summed E-state index contributed by atoms with van der Waals surface area (Å²) >= 11 is 0. The minimum atomic E-state index is -0.130. The molecule has 0 saturated carbocycles. The molecule has 0 spiro atoms. The molecule has 1 aliphatic heterocycles. The van der Waals surface area contributed by atoms with E-state index in [-0.39, 0.29) is 17.5 Å². The molecule has 1 aliphatic rings. The van der Waals surface area contributed by atoms with Crippen LogP contribution >= 0.6 is 0 Å². The van der Waals surface area contributed by atoms with Gasteiger partial charge in [0.15, 0.2) is 5.69 Å². The molecule has 0 bridgehead atoms. The van der Waals surface area contributed by atoms with E-state index in [1.807, 2.05) is 15.6 Å². The molecule has 1 aromatic rings. The third-order valence-electron chi connectivity index (χ3n) is 4.44. The van der Waals surface area contributed by atoms with Gasteiger partial charge in [-0.25, -0.2) is 0 Å². The number of carbonyl (C=O) groups is 1. The molecule has 2 heterocycles. The van der Waals surface area contributed by atoms with Crippen molar-refractivity contribution >= 4 is 5.91 Å². The van der Waals surface area contributed by atoms with Crippen molar-refractivity contribution in [2.45, 2.75) is 65.5 Å². The second-order valence-electron chi connectivity index (χ2n) is 7.84. The third kappa shape index (κ3) is 3.19. The summed E-state index contributed by atoms with van der Waals surface area (Å²) in [5.74, 6) is 0.780. The smallest absolute Gasteiger partial charge is 0.274 e. The van der Waals surface area contributed by atoms with Crippen molar-refractivity contribution in [2.24, 2.45) is 11.7 Å². The van der Waals surface area contributed by atoms with Crippen molar-refractivity contribution in [2.75, 3.05) is 13.1 Å². The van der Waals surface area contributed by atoms with E-state index < -0.39 is 0 Å². The van der Waals surface area contributed by atoms with Crippen LogP contribution in [0.15, 0.2) is 6.07 Å². The van der Waals surface area contributed by atoms with Gasteiger partial charge in [0.1, 0.15) is 0 Å². The Labute approximate surface area is 133 Å². The molecular weight excluding hydrogens is 276 g/mol. The van der Waals surface area contributed by atoms with Crippen LogP contribution in [0.25, 0.3) is 0 Å². The quantitative estimate of drug-likeness (QED) is 0.933. The van der Waals surface area contributed by atoms with Gasteiger partial charge in [0, 0.05) is 18.3 Å². The zero-order valence-electron chi connectivity index (χ0n) is 14.8. The topological polar surface area (TPSA) is 64.2 Å². The first-order chi connectivity index (χ1) is 10.1. The summed E-state index contributed by atoms with van der Waals surface area (Å²) in [7, 11) is 0. The highest BCUT2D eigenvalue weighted by Gasteiger charge is 2.34. The van der Waals surface area contributed by atoms with E-state index in [4.69, 9.17) is 5.73 Å². The lowest BCUT2D eigenvalue weighted by Crippen LogP contribution is -2.35. The Balaban J connectivity index is 2.31. The van der Waals surface area contributed by atoms with Crippen LogP contribution in [0.5, 0.6) is 0 Å². The Bertz CT molecular complexity index is 541. The molecule has 2 N–H and O–H groups in total. The molecule has 0 aliphatic carbocycles. The number of aromatic nitrogens is 2. The fraction of sp³-hybridized carbons (Fsp3) is 0.765. The summed E-state index contributed by atoms with van der Waals surface area (Å²) < 4.78 is 1.99. The monoisotopic (exact) mass is 306 g/mol. The van der Waals surface area contributed by atoms with Gasteiger partial charge in [0.25, 0.3) is 5.91 Å². The van der Waals surface area contributed by atoms with Gasteiger partial charge >= 0.3 is 0 Å². The summed E-state index contributed by atoms with van der Waals surface area (Å²) in [5, 5.41) is 4.63. The average Bonchev–Trinajstić information content (AvgIpc) is 3.01. The van der Waals surface area contributed by atoms with Crippen molar-refractivity contribution in [1.29, 1.82) is 0 Å².